The van der Waals surface area contributed by atoms with Gasteiger partial charge in [-0.05, 0) is 19.1 Å². The first-order chi connectivity index (χ1) is 6.34. The molecule has 0 radical (unpaired) electrons. The van der Waals surface area contributed by atoms with Gasteiger partial charge in [-0.3, -0.25) is 5.10 Å². The van der Waals surface area contributed by atoms with Gasteiger partial charge in [-0.2, -0.15) is 5.10 Å². The number of aromatic nitrogens is 3. The fourth-order valence-corrected chi connectivity index (χ4v) is 2.43. The Morgan fingerprint density at radius 2 is 2.31 bits per heavy atom. The summed E-state index contributed by atoms with van der Waals surface area (Å²) in [5.74, 6) is 0. The summed E-state index contributed by atoms with van der Waals surface area (Å²) in [4.78, 5) is 4.41. The van der Waals surface area contributed by atoms with E-state index < -0.39 is 0 Å². The van der Waals surface area contributed by atoms with Crippen LogP contribution in [0.4, 0.5) is 0 Å². The molecule has 2 heterocycles. The number of H-pyrrole nitrogens is 1. The summed E-state index contributed by atoms with van der Waals surface area (Å²) in [6.07, 6.45) is 1.84. The highest BCUT2D eigenvalue weighted by Crippen LogP contribution is 2.28. The van der Waals surface area contributed by atoms with E-state index >= 15 is 0 Å². The number of nitrogens with one attached hydrogen (secondary N) is 1. The molecule has 0 atom stereocenters. The highest BCUT2D eigenvalue weighted by molar-refractivity contribution is 7.19. The van der Waals surface area contributed by atoms with Gasteiger partial charge in [0.25, 0.3) is 0 Å². The fourth-order valence-electron chi connectivity index (χ4n) is 1.51. The molecule has 0 aliphatic heterocycles. The Labute approximate surface area is 78.4 Å². The van der Waals surface area contributed by atoms with E-state index in [2.05, 4.69) is 15.2 Å². The lowest BCUT2D eigenvalue weighted by Gasteiger charge is -1.88. The molecule has 4 heteroatoms. The van der Waals surface area contributed by atoms with Gasteiger partial charge >= 0.3 is 0 Å². The second-order valence-electron chi connectivity index (χ2n) is 2.98. The van der Waals surface area contributed by atoms with Crippen LogP contribution < -0.4 is 0 Å². The van der Waals surface area contributed by atoms with Crippen molar-refractivity contribution in [3.05, 3.63) is 23.3 Å². The molecule has 1 aromatic carbocycles. The molecule has 2 aromatic heterocycles. The van der Waals surface area contributed by atoms with Crippen LogP contribution in [-0.4, -0.2) is 15.2 Å². The van der Waals surface area contributed by atoms with Crippen LogP contribution >= 0.6 is 11.3 Å². The van der Waals surface area contributed by atoms with Crippen molar-refractivity contribution in [3.8, 4) is 0 Å². The zero-order chi connectivity index (χ0) is 8.84. The molecule has 0 amide bonds. The molecule has 0 bridgehead atoms. The largest absolute Gasteiger partial charge is 0.276 e. The lowest BCUT2D eigenvalue weighted by Crippen LogP contribution is -1.70. The normalized spacial score (nSPS) is 11.5. The van der Waals surface area contributed by atoms with Gasteiger partial charge in [0.05, 0.1) is 26.9 Å². The molecule has 0 aliphatic carbocycles. The number of fused-ring (bicyclic) bond motifs is 3. The average molecular weight is 189 g/mol. The Hall–Kier alpha value is -1.42. The highest BCUT2D eigenvalue weighted by atomic mass is 32.1. The lowest BCUT2D eigenvalue weighted by atomic mass is 10.2. The van der Waals surface area contributed by atoms with E-state index in [-0.39, 0.29) is 0 Å². The molecule has 13 heavy (non-hydrogen) atoms. The summed E-state index contributed by atoms with van der Waals surface area (Å²) in [7, 11) is 0. The summed E-state index contributed by atoms with van der Waals surface area (Å²) < 4.78 is 1.20. The van der Waals surface area contributed by atoms with E-state index in [0.717, 1.165) is 21.4 Å². The molecule has 1 N–H and O–H groups in total. The Bertz CT molecular complexity index is 579. The molecule has 0 spiro atoms. The van der Waals surface area contributed by atoms with Crippen LogP contribution in [0, 0.1) is 6.92 Å². The minimum absolute atomic E-state index is 1.05. The quantitative estimate of drug-likeness (QED) is 0.590. The van der Waals surface area contributed by atoms with Gasteiger partial charge in [0.1, 0.15) is 0 Å². The van der Waals surface area contributed by atoms with Crippen LogP contribution in [0.3, 0.4) is 0 Å². The maximum absolute atomic E-state index is 4.41. The van der Waals surface area contributed by atoms with E-state index in [0.29, 0.717) is 0 Å². The number of hydrogen-bond acceptors (Lipinski definition) is 3. The smallest absolute Gasteiger partial charge is 0.0908 e. The highest BCUT2D eigenvalue weighted by Gasteiger charge is 2.05. The number of aromatic amines is 1. The topological polar surface area (TPSA) is 41.6 Å². The van der Waals surface area contributed by atoms with Crippen molar-refractivity contribution in [3.63, 3.8) is 0 Å². The minimum Gasteiger partial charge on any atom is -0.276 e. The van der Waals surface area contributed by atoms with Crippen molar-refractivity contribution >= 4 is 32.5 Å². The molecule has 64 valence electrons. The number of nitrogens with zero attached hydrogens (tertiary/aromatic N) is 2. The van der Waals surface area contributed by atoms with Gasteiger partial charge < -0.3 is 0 Å². The molecule has 0 saturated carbocycles. The predicted octanol–water partition coefficient (Wildman–Crippen LogP) is 2.48. The molecule has 3 nitrogen and oxygen atoms in total. The molecular formula is C9H7N3S. The average Bonchev–Trinajstić information content (AvgIpc) is 2.65. The zero-order valence-corrected chi connectivity index (χ0v) is 7.85. The summed E-state index contributed by atoms with van der Waals surface area (Å²) in [5.41, 5.74) is 2.15. The van der Waals surface area contributed by atoms with Crippen LogP contribution in [-0.2, 0) is 0 Å². The van der Waals surface area contributed by atoms with E-state index in [1.807, 2.05) is 25.3 Å². The fraction of sp³-hybridized carbons (Fsp3) is 0.111. The van der Waals surface area contributed by atoms with E-state index in [1.54, 1.807) is 11.3 Å². The van der Waals surface area contributed by atoms with E-state index in [9.17, 15) is 0 Å². The molecule has 0 saturated heterocycles. The van der Waals surface area contributed by atoms with Crippen molar-refractivity contribution in [1.29, 1.82) is 0 Å². The van der Waals surface area contributed by atoms with Crippen LogP contribution in [0.15, 0.2) is 18.3 Å². The molecule has 0 fully saturated rings. The summed E-state index contributed by atoms with van der Waals surface area (Å²) in [6.45, 7) is 2.02. The molecule has 3 rings (SSSR count). The number of benzene rings is 1. The second-order valence-corrected chi connectivity index (χ2v) is 4.18. The summed E-state index contributed by atoms with van der Waals surface area (Å²) >= 11 is 1.70. The zero-order valence-electron chi connectivity index (χ0n) is 7.03. The van der Waals surface area contributed by atoms with Gasteiger partial charge in [0, 0.05) is 5.39 Å². The Kier molecular flexibility index (Phi) is 1.24. The van der Waals surface area contributed by atoms with Crippen molar-refractivity contribution in [2.24, 2.45) is 0 Å². The molecular weight excluding hydrogens is 182 g/mol. The van der Waals surface area contributed by atoms with Crippen molar-refractivity contribution < 1.29 is 0 Å². The second kappa shape index (κ2) is 2.29. The first-order valence-electron chi connectivity index (χ1n) is 4.04. The molecule has 3 aromatic rings. The van der Waals surface area contributed by atoms with Gasteiger partial charge in [-0.1, -0.05) is 0 Å². The van der Waals surface area contributed by atoms with Crippen LogP contribution in [0.25, 0.3) is 21.1 Å². The third-order valence-electron chi connectivity index (χ3n) is 2.08. The number of hydrogen-bond donors (Lipinski definition) is 1. The summed E-state index contributed by atoms with van der Waals surface area (Å²) in [6, 6.07) is 4.08. The summed E-state index contributed by atoms with van der Waals surface area (Å²) in [5, 5.41) is 9.25. The number of rotatable bonds is 0. The van der Waals surface area contributed by atoms with E-state index in [1.165, 1.54) is 4.70 Å². The third-order valence-corrected chi connectivity index (χ3v) is 3.08. The van der Waals surface area contributed by atoms with E-state index in [4.69, 9.17) is 0 Å². The van der Waals surface area contributed by atoms with Gasteiger partial charge in [0.2, 0.25) is 0 Å². The Balaban J connectivity index is 2.64. The predicted molar refractivity (Wildman–Crippen MR) is 54.0 cm³/mol. The Morgan fingerprint density at radius 1 is 1.38 bits per heavy atom. The number of aryl methyl sites for hydroxylation is 1. The van der Waals surface area contributed by atoms with Crippen molar-refractivity contribution in [2.75, 3.05) is 0 Å². The standard InChI is InChI=1S/C9H7N3S/c1-5-11-7-3-2-6-4-10-12-8(6)9(7)13-5/h2-4H,1H3,(H,10,12). The van der Waals surface area contributed by atoms with Crippen molar-refractivity contribution in [1.82, 2.24) is 15.2 Å². The van der Waals surface area contributed by atoms with Crippen LogP contribution in [0.5, 0.6) is 0 Å². The minimum atomic E-state index is 1.05. The first kappa shape index (κ1) is 7.03. The van der Waals surface area contributed by atoms with Crippen molar-refractivity contribution in [2.45, 2.75) is 6.92 Å². The van der Waals surface area contributed by atoms with Crippen LogP contribution in [0.1, 0.15) is 5.01 Å². The maximum Gasteiger partial charge on any atom is 0.0908 e. The monoisotopic (exact) mass is 189 g/mol. The van der Waals surface area contributed by atoms with Gasteiger partial charge in [-0.15, -0.1) is 11.3 Å². The Morgan fingerprint density at radius 3 is 3.23 bits per heavy atom. The van der Waals surface area contributed by atoms with Gasteiger partial charge in [0.15, 0.2) is 0 Å². The first-order valence-corrected chi connectivity index (χ1v) is 4.85. The maximum atomic E-state index is 4.41. The van der Waals surface area contributed by atoms with Crippen LogP contribution in [0.2, 0.25) is 0 Å². The van der Waals surface area contributed by atoms with Gasteiger partial charge in [-0.25, -0.2) is 4.98 Å². The third kappa shape index (κ3) is 0.890. The molecule has 0 unspecified atom stereocenters. The number of thiazole rings is 1. The molecule has 0 aliphatic rings. The SMILES string of the molecule is Cc1nc2ccc3cn[nH]c3c2s1. The lowest BCUT2D eigenvalue weighted by molar-refractivity contribution is 1.12.